The summed E-state index contributed by atoms with van der Waals surface area (Å²) in [6, 6.07) is 14.3. The number of nitrogens with zero attached hydrogens (tertiary/aromatic N) is 3. The normalized spacial score (nSPS) is 12.4. The van der Waals surface area contributed by atoms with E-state index in [9.17, 15) is 9.59 Å². The van der Waals surface area contributed by atoms with Crippen molar-refractivity contribution in [2.45, 2.75) is 59.3 Å². The number of aromatic nitrogens is 2. The summed E-state index contributed by atoms with van der Waals surface area (Å²) < 4.78 is 1.90. The summed E-state index contributed by atoms with van der Waals surface area (Å²) in [5.41, 5.74) is 2.04. The lowest BCUT2D eigenvalue weighted by Gasteiger charge is -2.31. The Hall–Kier alpha value is -2.86. The van der Waals surface area contributed by atoms with Crippen LogP contribution in [-0.4, -0.2) is 38.3 Å². The van der Waals surface area contributed by atoms with E-state index in [2.05, 4.69) is 5.32 Å². The highest BCUT2D eigenvalue weighted by atomic mass is 35.5. The molecule has 0 saturated heterocycles. The number of hydrogen-bond donors (Lipinski definition) is 1. The van der Waals surface area contributed by atoms with E-state index in [0.717, 1.165) is 11.0 Å². The first-order chi connectivity index (χ1) is 14.7. The van der Waals surface area contributed by atoms with E-state index in [0.29, 0.717) is 16.4 Å². The first-order valence-electron chi connectivity index (χ1n) is 10.5. The van der Waals surface area contributed by atoms with Gasteiger partial charge in [0.1, 0.15) is 12.4 Å². The zero-order valence-corrected chi connectivity index (χ0v) is 19.3. The first kappa shape index (κ1) is 22.8. The molecule has 164 valence electrons. The number of carbonyl (C=O) groups excluding carboxylic acids is 2. The molecule has 3 aromatic rings. The molecular formula is C24H29ClN4O2. The zero-order valence-electron chi connectivity index (χ0n) is 18.6. The molecule has 1 N–H and O–H groups in total. The van der Waals surface area contributed by atoms with Crippen LogP contribution < -0.4 is 5.32 Å². The molecule has 3 rings (SSSR count). The number of carbonyl (C=O) groups is 2. The highest BCUT2D eigenvalue weighted by Crippen LogP contribution is 2.23. The molecule has 0 bridgehead atoms. The van der Waals surface area contributed by atoms with Gasteiger partial charge >= 0.3 is 0 Å². The molecule has 0 aliphatic carbocycles. The fraction of sp³-hybridized carbons (Fsp3) is 0.375. The Morgan fingerprint density at radius 3 is 2.26 bits per heavy atom. The summed E-state index contributed by atoms with van der Waals surface area (Å²) in [5, 5.41) is 3.36. The van der Waals surface area contributed by atoms with Gasteiger partial charge in [0.05, 0.1) is 27.7 Å². The zero-order chi connectivity index (χ0) is 22.7. The molecule has 6 nitrogen and oxygen atoms in total. The lowest BCUT2D eigenvalue weighted by atomic mass is 10.2. The van der Waals surface area contributed by atoms with Crippen molar-refractivity contribution in [1.29, 1.82) is 0 Å². The Morgan fingerprint density at radius 1 is 1.00 bits per heavy atom. The maximum atomic E-state index is 13.2. The summed E-state index contributed by atoms with van der Waals surface area (Å²) in [7, 11) is 0. The predicted molar refractivity (Wildman–Crippen MR) is 124 cm³/mol. The van der Waals surface area contributed by atoms with Crippen LogP contribution >= 0.6 is 11.6 Å². The van der Waals surface area contributed by atoms with Crippen molar-refractivity contribution >= 4 is 34.4 Å². The van der Waals surface area contributed by atoms with E-state index in [1.165, 1.54) is 0 Å². The Bertz CT molecular complexity index is 1080. The number of benzene rings is 2. The van der Waals surface area contributed by atoms with Crippen LogP contribution in [0.25, 0.3) is 11.0 Å². The van der Waals surface area contributed by atoms with Crippen molar-refractivity contribution in [2.75, 3.05) is 0 Å². The maximum absolute atomic E-state index is 13.2. The predicted octanol–water partition coefficient (Wildman–Crippen LogP) is 4.83. The van der Waals surface area contributed by atoms with Crippen molar-refractivity contribution in [1.82, 2.24) is 19.8 Å². The molecule has 0 aliphatic heterocycles. The smallest absolute Gasteiger partial charge is 0.253 e. The van der Waals surface area contributed by atoms with Gasteiger partial charge in [0, 0.05) is 12.1 Å². The number of hydrogen-bond acceptors (Lipinski definition) is 3. The third-order valence-corrected chi connectivity index (χ3v) is 5.56. The van der Waals surface area contributed by atoms with Gasteiger partial charge in [-0.15, -0.1) is 0 Å². The standard InChI is InChI=1S/C24H29ClN4O2/c1-15(2)29(16(3)4)22(30)14-28-21-13-9-8-12-20(21)27-23(28)17(5)26-24(31)18-10-6-7-11-19(18)25/h6-13,15-17H,14H2,1-5H3,(H,26,31). The maximum Gasteiger partial charge on any atom is 0.253 e. The second-order valence-electron chi connectivity index (χ2n) is 8.21. The molecule has 0 fully saturated rings. The fourth-order valence-corrected chi connectivity index (χ4v) is 4.19. The Kier molecular flexibility index (Phi) is 7.01. The van der Waals surface area contributed by atoms with E-state index in [4.69, 9.17) is 16.6 Å². The number of para-hydroxylation sites is 2. The molecule has 2 aromatic carbocycles. The third kappa shape index (κ3) is 4.90. The third-order valence-electron chi connectivity index (χ3n) is 5.23. The van der Waals surface area contributed by atoms with E-state index in [-0.39, 0.29) is 30.4 Å². The Balaban J connectivity index is 1.94. The molecule has 2 amide bonds. The lowest BCUT2D eigenvalue weighted by Crippen LogP contribution is -2.44. The van der Waals surface area contributed by atoms with Crippen LogP contribution in [0.1, 0.15) is 56.8 Å². The quantitative estimate of drug-likeness (QED) is 0.572. The minimum absolute atomic E-state index is 0.0130. The SMILES string of the molecule is CC(NC(=O)c1ccccc1Cl)c1nc2ccccc2n1CC(=O)N(C(C)C)C(C)C. The second kappa shape index (κ2) is 9.52. The lowest BCUT2D eigenvalue weighted by molar-refractivity contribution is -0.135. The highest BCUT2D eigenvalue weighted by molar-refractivity contribution is 6.33. The Labute approximate surface area is 188 Å². The minimum atomic E-state index is -0.421. The Morgan fingerprint density at radius 2 is 1.61 bits per heavy atom. The second-order valence-corrected chi connectivity index (χ2v) is 8.62. The van der Waals surface area contributed by atoms with Crippen molar-refractivity contribution in [2.24, 2.45) is 0 Å². The summed E-state index contributed by atoms with van der Waals surface area (Å²) in [4.78, 5) is 32.5. The summed E-state index contributed by atoms with van der Waals surface area (Å²) in [6.07, 6.45) is 0. The molecule has 7 heteroatoms. The number of fused-ring (bicyclic) bond motifs is 1. The van der Waals surface area contributed by atoms with E-state index < -0.39 is 6.04 Å². The molecule has 1 unspecified atom stereocenters. The number of halogens is 1. The van der Waals surface area contributed by atoms with Gasteiger partial charge in [0.25, 0.3) is 5.91 Å². The van der Waals surface area contributed by atoms with Crippen molar-refractivity contribution in [3.63, 3.8) is 0 Å². The van der Waals surface area contributed by atoms with Crippen LogP contribution in [0.3, 0.4) is 0 Å². The first-order valence-corrected chi connectivity index (χ1v) is 10.9. The summed E-state index contributed by atoms with van der Waals surface area (Å²) in [5.74, 6) is 0.357. The fourth-order valence-electron chi connectivity index (χ4n) is 3.96. The number of nitrogens with one attached hydrogen (secondary N) is 1. The average molecular weight is 441 g/mol. The van der Waals surface area contributed by atoms with Gasteiger partial charge in [-0.2, -0.15) is 0 Å². The average Bonchev–Trinajstić information content (AvgIpc) is 3.06. The van der Waals surface area contributed by atoms with E-state index in [1.54, 1.807) is 24.3 Å². The molecule has 1 aromatic heterocycles. The van der Waals surface area contributed by atoms with Gasteiger partial charge in [0.15, 0.2) is 0 Å². The van der Waals surface area contributed by atoms with Crippen molar-refractivity contribution in [3.05, 3.63) is 64.9 Å². The molecule has 1 heterocycles. The van der Waals surface area contributed by atoms with Gasteiger partial charge in [-0.3, -0.25) is 9.59 Å². The molecule has 0 radical (unpaired) electrons. The van der Waals surface area contributed by atoms with Crippen molar-refractivity contribution < 1.29 is 9.59 Å². The van der Waals surface area contributed by atoms with Gasteiger partial charge in [-0.05, 0) is 58.9 Å². The van der Waals surface area contributed by atoms with Crippen LogP contribution in [0.15, 0.2) is 48.5 Å². The molecule has 0 spiro atoms. The largest absolute Gasteiger partial charge is 0.342 e. The molecular weight excluding hydrogens is 412 g/mol. The number of rotatable bonds is 7. The summed E-state index contributed by atoms with van der Waals surface area (Å²) in [6.45, 7) is 10.1. The van der Waals surface area contributed by atoms with E-state index in [1.807, 2.05) is 68.4 Å². The number of amides is 2. The molecule has 0 aliphatic rings. The molecule has 1 atom stereocenters. The van der Waals surface area contributed by atoms with Crippen LogP contribution in [0.5, 0.6) is 0 Å². The van der Waals surface area contributed by atoms with E-state index >= 15 is 0 Å². The van der Waals surface area contributed by atoms with Crippen LogP contribution in [-0.2, 0) is 11.3 Å². The van der Waals surface area contributed by atoms with Crippen LogP contribution in [0.2, 0.25) is 5.02 Å². The van der Waals surface area contributed by atoms with Gasteiger partial charge < -0.3 is 14.8 Å². The summed E-state index contributed by atoms with van der Waals surface area (Å²) >= 11 is 6.18. The van der Waals surface area contributed by atoms with Gasteiger partial charge in [0.2, 0.25) is 5.91 Å². The van der Waals surface area contributed by atoms with Crippen LogP contribution in [0.4, 0.5) is 0 Å². The molecule has 0 saturated carbocycles. The van der Waals surface area contributed by atoms with Gasteiger partial charge in [-0.1, -0.05) is 35.9 Å². The topological polar surface area (TPSA) is 67.2 Å². The minimum Gasteiger partial charge on any atom is -0.342 e. The van der Waals surface area contributed by atoms with Crippen molar-refractivity contribution in [3.8, 4) is 0 Å². The highest BCUT2D eigenvalue weighted by Gasteiger charge is 2.25. The van der Waals surface area contributed by atoms with Gasteiger partial charge in [-0.25, -0.2) is 4.98 Å². The molecule has 31 heavy (non-hydrogen) atoms. The van der Waals surface area contributed by atoms with Crippen LogP contribution in [0, 0.1) is 0 Å². The monoisotopic (exact) mass is 440 g/mol. The number of imidazole rings is 1.